The second-order valence-electron chi connectivity index (χ2n) is 5.02. The van der Waals surface area contributed by atoms with Crippen LogP contribution in [0, 0.1) is 11.6 Å². The highest BCUT2D eigenvalue weighted by Crippen LogP contribution is 2.33. The van der Waals surface area contributed by atoms with Crippen molar-refractivity contribution >= 4 is 0 Å². The largest absolute Gasteiger partial charge is 0.383 e. The number of piperidine rings is 1. The summed E-state index contributed by atoms with van der Waals surface area (Å²) in [4.78, 5) is 11.1. The zero-order valence-electron chi connectivity index (χ0n) is 10.7. The molecule has 1 aliphatic rings. The van der Waals surface area contributed by atoms with Crippen molar-refractivity contribution in [1.29, 1.82) is 0 Å². The van der Waals surface area contributed by atoms with E-state index < -0.39 is 11.6 Å². The van der Waals surface area contributed by atoms with Gasteiger partial charge in [-0.1, -0.05) is 6.07 Å². The average Bonchev–Trinajstić information content (AvgIpc) is 2.89. The minimum atomic E-state index is -0.849. The molecule has 0 aliphatic carbocycles. The van der Waals surface area contributed by atoms with Gasteiger partial charge in [-0.05, 0) is 37.1 Å². The summed E-state index contributed by atoms with van der Waals surface area (Å²) in [6, 6.07) is 5.28. The molecule has 0 bridgehead atoms. The molecule has 2 N–H and O–H groups in total. The van der Waals surface area contributed by atoms with Crippen molar-refractivity contribution in [3.63, 3.8) is 0 Å². The summed E-state index contributed by atoms with van der Waals surface area (Å²) in [5.41, 5.74) is 0.439. The predicted molar refractivity (Wildman–Crippen MR) is 68.4 cm³/mol. The lowest BCUT2D eigenvalue weighted by Gasteiger charge is -2.29. The third-order valence-electron chi connectivity index (χ3n) is 3.69. The number of hydrogen-bond acceptors (Lipinski definition) is 3. The van der Waals surface area contributed by atoms with Gasteiger partial charge in [0.2, 0.25) is 0 Å². The van der Waals surface area contributed by atoms with E-state index in [1.54, 1.807) is 6.07 Å². The molecule has 106 valence electrons. The van der Waals surface area contributed by atoms with Crippen LogP contribution in [0.25, 0.3) is 0 Å². The topological polar surface area (TPSA) is 58.0 Å². The highest BCUT2D eigenvalue weighted by molar-refractivity contribution is 5.23. The average molecular weight is 280 g/mol. The van der Waals surface area contributed by atoms with Crippen LogP contribution in [0.3, 0.4) is 0 Å². The number of halogens is 2. The standard InChI is InChI=1S/C14H14F2N2O2/c15-10-2-1-8(5-11(10)16)12-6-9(3-4-17-12)13-7-14(19)18-20-13/h1-2,5,7,9,12,17H,3-4,6H2,(H,18,19)/t9-,12-/m0/s1. The quantitative estimate of drug-likeness (QED) is 0.888. The molecule has 1 aromatic heterocycles. The van der Waals surface area contributed by atoms with Crippen molar-refractivity contribution in [2.24, 2.45) is 0 Å². The van der Waals surface area contributed by atoms with Crippen molar-refractivity contribution in [3.8, 4) is 0 Å². The number of hydrogen-bond donors (Lipinski definition) is 2. The van der Waals surface area contributed by atoms with E-state index in [-0.39, 0.29) is 17.5 Å². The van der Waals surface area contributed by atoms with E-state index in [1.165, 1.54) is 12.1 Å². The molecule has 1 saturated heterocycles. The van der Waals surface area contributed by atoms with Gasteiger partial charge in [-0.25, -0.2) is 8.78 Å². The van der Waals surface area contributed by atoms with Gasteiger partial charge in [0.15, 0.2) is 11.6 Å². The third kappa shape index (κ3) is 2.51. The maximum Gasteiger partial charge on any atom is 0.280 e. The highest BCUT2D eigenvalue weighted by atomic mass is 19.2. The van der Waals surface area contributed by atoms with Crippen molar-refractivity contribution in [2.45, 2.75) is 24.8 Å². The van der Waals surface area contributed by atoms with E-state index in [9.17, 15) is 13.6 Å². The number of aromatic nitrogens is 1. The molecule has 0 unspecified atom stereocenters. The molecule has 0 radical (unpaired) electrons. The molecule has 2 aromatic rings. The van der Waals surface area contributed by atoms with Crippen molar-refractivity contribution in [2.75, 3.05) is 6.54 Å². The zero-order valence-corrected chi connectivity index (χ0v) is 10.7. The molecular formula is C14H14F2N2O2. The molecule has 3 rings (SSSR count). The van der Waals surface area contributed by atoms with Crippen LogP contribution in [-0.2, 0) is 0 Å². The SMILES string of the molecule is O=c1cc([C@H]2CCN[C@H](c3ccc(F)c(F)c3)C2)o[nH]1. The van der Waals surface area contributed by atoms with Crippen LogP contribution in [0.1, 0.15) is 36.1 Å². The monoisotopic (exact) mass is 280 g/mol. The lowest BCUT2D eigenvalue weighted by atomic mass is 9.87. The lowest BCUT2D eigenvalue weighted by Crippen LogP contribution is -2.31. The van der Waals surface area contributed by atoms with Crippen molar-refractivity contribution in [1.82, 2.24) is 10.5 Å². The van der Waals surface area contributed by atoms with Gasteiger partial charge in [0.05, 0.1) is 0 Å². The number of H-pyrrole nitrogens is 1. The summed E-state index contributed by atoms with van der Waals surface area (Å²) in [6.07, 6.45) is 1.51. The van der Waals surface area contributed by atoms with Gasteiger partial charge in [-0.15, -0.1) is 0 Å². The minimum absolute atomic E-state index is 0.0796. The van der Waals surface area contributed by atoms with Crippen LogP contribution in [-0.4, -0.2) is 11.7 Å². The molecular weight excluding hydrogens is 266 g/mol. The maximum absolute atomic E-state index is 13.3. The summed E-state index contributed by atoms with van der Waals surface area (Å²) < 4.78 is 31.4. The Morgan fingerprint density at radius 3 is 2.75 bits per heavy atom. The zero-order chi connectivity index (χ0) is 14.1. The maximum atomic E-state index is 13.3. The van der Waals surface area contributed by atoms with Gasteiger partial charge < -0.3 is 9.84 Å². The highest BCUT2D eigenvalue weighted by Gasteiger charge is 2.26. The Kier molecular flexibility index (Phi) is 3.40. The van der Waals surface area contributed by atoms with Crippen LogP contribution in [0.5, 0.6) is 0 Å². The number of nitrogens with one attached hydrogen (secondary N) is 2. The molecule has 4 nitrogen and oxygen atoms in total. The van der Waals surface area contributed by atoms with Crippen LogP contribution in [0.15, 0.2) is 33.6 Å². The first kappa shape index (κ1) is 13.1. The van der Waals surface area contributed by atoms with Crippen molar-refractivity contribution in [3.05, 3.63) is 57.6 Å². The van der Waals surface area contributed by atoms with Gasteiger partial charge in [0.1, 0.15) is 5.76 Å². The molecule has 6 heteroatoms. The molecule has 20 heavy (non-hydrogen) atoms. The Morgan fingerprint density at radius 2 is 2.05 bits per heavy atom. The summed E-state index contributed by atoms with van der Waals surface area (Å²) in [5.74, 6) is -0.991. The molecule has 0 amide bonds. The Hall–Kier alpha value is -1.95. The van der Waals surface area contributed by atoms with Gasteiger partial charge >= 0.3 is 0 Å². The van der Waals surface area contributed by atoms with Crippen LogP contribution < -0.4 is 10.9 Å². The fraction of sp³-hybridized carbons (Fsp3) is 0.357. The first-order valence-corrected chi connectivity index (χ1v) is 6.50. The normalized spacial score (nSPS) is 22.9. The third-order valence-corrected chi connectivity index (χ3v) is 3.69. The number of aromatic amines is 1. The first-order chi connectivity index (χ1) is 9.63. The Labute approximate surface area is 113 Å². The van der Waals surface area contributed by atoms with Gasteiger partial charge in [0.25, 0.3) is 5.56 Å². The van der Waals surface area contributed by atoms with E-state index in [4.69, 9.17) is 4.52 Å². The molecule has 1 aliphatic heterocycles. The predicted octanol–water partition coefficient (Wildman–Crippen LogP) is 2.45. The van der Waals surface area contributed by atoms with E-state index in [2.05, 4.69) is 10.5 Å². The van der Waals surface area contributed by atoms with Crippen molar-refractivity contribution < 1.29 is 13.3 Å². The smallest absolute Gasteiger partial charge is 0.280 e. The van der Waals surface area contributed by atoms with Crippen LogP contribution >= 0.6 is 0 Å². The molecule has 1 aromatic carbocycles. The summed E-state index contributed by atoms with van der Waals surface area (Å²) in [6.45, 7) is 0.725. The van der Waals surface area contributed by atoms with E-state index in [0.717, 1.165) is 19.0 Å². The van der Waals surface area contributed by atoms with Crippen LogP contribution in [0.2, 0.25) is 0 Å². The van der Waals surface area contributed by atoms with E-state index in [0.29, 0.717) is 17.7 Å². The van der Waals surface area contributed by atoms with Gasteiger partial charge in [0, 0.05) is 18.0 Å². The molecule has 1 fully saturated rings. The molecule has 2 heterocycles. The summed E-state index contributed by atoms with van der Waals surface area (Å²) >= 11 is 0. The van der Waals surface area contributed by atoms with E-state index in [1.807, 2.05) is 0 Å². The fourth-order valence-electron chi connectivity index (χ4n) is 2.66. The minimum Gasteiger partial charge on any atom is -0.383 e. The Bertz CT molecular complexity index is 665. The number of benzene rings is 1. The fourth-order valence-corrected chi connectivity index (χ4v) is 2.66. The summed E-state index contributed by atoms with van der Waals surface area (Å²) in [5, 5.41) is 5.55. The van der Waals surface area contributed by atoms with Gasteiger partial charge in [-0.3, -0.25) is 4.79 Å². The van der Waals surface area contributed by atoms with E-state index >= 15 is 0 Å². The number of rotatable bonds is 2. The Morgan fingerprint density at radius 1 is 1.20 bits per heavy atom. The molecule has 0 saturated carbocycles. The first-order valence-electron chi connectivity index (χ1n) is 6.50. The lowest BCUT2D eigenvalue weighted by molar-refractivity contribution is 0.295. The molecule has 0 spiro atoms. The summed E-state index contributed by atoms with van der Waals surface area (Å²) in [7, 11) is 0. The second kappa shape index (κ2) is 5.20. The second-order valence-corrected chi connectivity index (χ2v) is 5.02. The van der Waals surface area contributed by atoms with Crippen LogP contribution in [0.4, 0.5) is 8.78 Å². The van der Waals surface area contributed by atoms with Gasteiger partial charge in [-0.2, -0.15) is 5.16 Å². The molecule has 2 atom stereocenters. The Balaban J connectivity index is 1.81.